The van der Waals surface area contributed by atoms with Gasteiger partial charge in [0.2, 0.25) is 0 Å². The molecule has 0 amide bonds. The lowest BCUT2D eigenvalue weighted by molar-refractivity contribution is 0.468. The maximum absolute atomic E-state index is 9.72. The fourth-order valence-corrected chi connectivity index (χ4v) is 1.95. The summed E-state index contributed by atoms with van der Waals surface area (Å²) >= 11 is 0. The van der Waals surface area contributed by atoms with Crippen molar-refractivity contribution >= 4 is 0 Å². The van der Waals surface area contributed by atoms with Gasteiger partial charge in [-0.1, -0.05) is 6.07 Å². The summed E-state index contributed by atoms with van der Waals surface area (Å²) in [5.41, 5.74) is 7.32. The molecule has 0 bridgehead atoms. The van der Waals surface area contributed by atoms with Gasteiger partial charge in [0.1, 0.15) is 11.8 Å². The Morgan fingerprint density at radius 2 is 2.22 bits per heavy atom. The third kappa shape index (κ3) is 1.83. The van der Waals surface area contributed by atoms with E-state index in [9.17, 15) is 5.11 Å². The van der Waals surface area contributed by atoms with E-state index in [2.05, 4.69) is 4.98 Å². The molecule has 18 heavy (non-hydrogen) atoms. The maximum Gasteiger partial charge on any atom is 0.133 e. The number of imidazole rings is 1. The zero-order valence-corrected chi connectivity index (χ0v) is 10.3. The van der Waals surface area contributed by atoms with Crippen molar-refractivity contribution in [2.45, 2.75) is 12.5 Å². The number of aromatic hydroxyl groups is 1. The quantitative estimate of drug-likeness (QED) is 0.828. The van der Waals surface area contributed by atoms with Crippen LogP contribution in [0.4, 0.5) is 0 Å². The first-order valence-corrected chi connectivity index (χ1v) is 5.46. The molecule has 1 aromatic heterocycles. The Labute approximate surface area is 105 Å². The molecule has 0 aliphatic carbocycles. The molecule has 3 N–H and O–H groups in total. The number of hydrogen-bond donors (Lipinski definition) is 2. The minimum Gasteiger partial charge on any atom is -0.507 e. The van der Waals surface area contributed by atoms with Crippen molar-refractivity contribution in [1.29, 1.82) is 5.26 Å². The molecule has 0 aliphatic heterocycles. The van der Waals surface area contributed by atoms with Gasteiger partial charge in [-0.3, -0.25) is 0 Å². The summed E-state index contributed by atoms with van der Waals surface area (Å²) in [6, 6.07) is 6.73. The number of phenolic OH excluding ortho intramolecular Hbond substituents is 1. The molecule has 5 heteroatoms. The molecular weight excluding hydrogens is 228 g/mol. The summed E-state index contributed by atoms with van der Waals surface area (Å²) in [7, 11) is 1.86. The molecule has 0 saturated heterocycles. The van der Waals surface area contributed by atoms with Crippen LogP contribution in [0.15, 0.2) is 30.7 Å². The van der Waals surface area contributed by atoms with Gasteiger partial charge in [0.25, 0.3) is 0 Å². The van der Waals surface area contributed by atoms with Gasteiger partial charge in [-0.05, 0) is 24.6 Å². The summed E-state index contributed by atoms with van der Waals surface area (Å²) in [5.74, 6) is -0.0613. The van der Waals surface area contributed by atoms with E-state index in [0.29, 0.717) is 0 Å². The fourth-order valence-electron chi connectivity index (χ4n) is 1.95. The lowest BCUT2D eigenvalue weighted by atomic mass is 9.89. The van der Waals surface area contributed by atoms with Gasteiger partial charge < -0.3 is 15.4 Å². The highest BCUT2D eigenvalue weighted by molar-refractivity contribution is 5.47. The molecule has 0 spiro atoms. The van der Waals surface area contributed by atoms with Crippen LogP contribution in [0.5, 0.6) is 5.75 Å². The molecule has 92 valence electrons. The van der Waals surface area contributed by atoms with E-state index in [1.54, 1.807) is 24.7 Å². The number of phenols is 1. The van der Waals surface area contributed by atoms with Crippen molar-refractivity contribution in [2.75, 3.05) is 0 Å². The Morgan fingerprint density at radius 3 is 2.72 bits per heavy atom. The maximum atomic E-state index is 9.72. The number of nitriles is 1. The normalized spacial score (nSPS) is 13.9. The predicted octanol–water partition coefficient (Wildman–Crippen LogP) is 1.22. The van der Waals surface area contributed by atoms with Gasteiger partial charge in [0.15, 0.2) is 0 Å². The van der Waals surface area contributed by atoms with Crippen molar-refractivity contribution in [3.8, 4) is 11.8 Å². The van der Waals surface area contributed by atoms with E-state index in [1.165, 1.54) is 6.07 Å². The molecule has 2 aromatic rings. The van der Waals surface area contributed by atoms with Crippen LogP contribution < -0.4 is 5.73 Å². The number of nitrogens with two attached hydrogens (primary N) is 1. The number of nitrogens with zero attached hydrogens (tertiary/aromatic N) is 3. The Bertz CT molecular complexity index is 622. The van der Waals surface area contributed by atoms with E-state index in [-0.39, 0.29) is 11.3 Å². The Kier molecular flexibility index (Phi) is 2.81. The highest BCUT2D eigenvalue weighted by atomic mass is 16.3. The number of benzene rings is 1. The Hall–Kier alpha value is -2.32. The number of hydrogen-bond acceptors (Lipinski definition) is 4. The van der Waals surface area contributed by atoms with Gasteiger partial charge >= 0.3 is 0 Å². The fraction of sp³-hybridized carbons (Fsp3) is 0.231. The van der Waals surface area contributed by atoms with Gasteiger partial charge in [0, 0.05) is 7.05 Å². The Balaban J connectivity index is 2.52. The largest absolute Gasteiger partial charge is 0.507 e. The molecule has 2 rings (SSSR count). The highest BCUT2D eigenvalue weighted by Crippen LogP contribution is 2.29. The monoisotopic (exact) mass is 242 g/mol. The van der Waals surface area contributed by atoms with E-state index in [1.807, 2.05) is 24.6 Å². The number of rotatable bonds is 2. The predicted molar refractivity (Wildman–Crippen MR) is 66.7 cm³/mol. The van der Waals surface area contributed by atoms with Crippen LogP contribution in [-0.4, -0.2) is 14.7 Å². The molecule has 1 aromatic carbocycles. The van der Waals surface area contributed by atoms with Gasteiger partial charge in [-0.2, -0.15) is 5.26 Å². The summed E-state index contributed by atoms with van der Waals surface area (Å²) in [5, 5.41) is 18.5. The molecule has 0 fully saturated rings. The highest BCUT2D eigenvalue weighted by Gasteiger charge is 2.27. The van der Waals surface area contributed by atoms with Crippen LogP contribution in [0.25, 0.3) is 0 Å². The van der Waals surface area contributed by atoms with Gasteiger partial charge in [-0.15, -0.1) is 0 Å². The second-order valence-electron chi connectivity index (χ2n) is 4.44. The molecule has 0 radical (unpaired) electrons. The SMILES string of the molecule is Cn1cncc1C(C)(N)c1ccc(C#N)c(O)c1. The van der Waals surface area contributed by atoms with Crippen molar-refractivity contribution < 1.29 is 5.11 Å². The van der Waals surface area contributed by atoms with Crippen molar-refractivity contribution in [2.24, 2.45) is 12.8 Å². The molecule has 0 aliphatic rings. The smallest absolute Gasteiger partial charge is 0.133 e. The Morgan fingerprint density at radius 1 is 1.50 bits per heavy atom. The standard InChI is InChI=1S/C13H14N4O/c1-13(15,12-7-16-8-17(12)2)10-4-3-9(6-14)11(18)5-10/h3-5,7-8,18H,15H2,1-2H3. The summed E-state index contributed by atoms with van der Waals surface area (Å²) in [4.78, 5) is 4.04. The molecule has 1 atom stereocenters. The van der Waals surface area contributed by atoms with E-state index >= 15 is 0 Å². The average Bonchev–Trinajstić information content (AvgIpc) is 2.76. The van der Waals surface area contributed by atoms with Crippen molar-refractivity contribution in [1.82, 2.24) is 9.55 Å². The zero-order chi connectivity index (χ0) is 13.3. The molecular formula is C13H14N4O. The summed E-state index contributed by atoms with van der Waals surface area (Å²) in [6.45, 7) is 1.84. The minimum absolute atomic E-state index is 0.0613. The molecule has 5 nitrogen and oxygen atoms in total. The van der Waals surface area contributed by atoms with E-state index in [0.717, 1.165) is 11.3 Å². The first-order chi connectivity index (χ1) is 8.46. The van der Waals surface area contributed by atoms with Gasteiger partial charge in [0.05, 0.1) is 29.3 Å². The van der Waals surface area contributed by atoms with Crippen LogP contribution in [0.2, 0.25) is 0 Å². The van der Waals surface area contributed by atoms with Crippen LogP contribution >= 0.6 is 0 Å². The zero-order valence-electron chi connectivity index (χ0n) is 10.3. The summed E-state index contributed by atoms with van der Waals surface area (Å²) < 4.78 is 1.83. The topological polar surface area (TPSA) is 87.9 Å². The third-order valence-corrected chi connectivity index (χ3v) is 3.07. The van der Waals surface area contributed by atoms with Crippen LogP contribution in [-0.2, 0) is 12.6 Å². The minimum atomic E-state index is -0.781. The number of aryl methyl sites for hydroxylation is 1. The first-order valence-electron chi connectivity index (χ1n) is 5.46. The van der Waals surface area contributed by atoms with Crippen molar-refractivity contribution in [3.63, 3.8) is 0 Å². The van der Waals surface area contributed by atoms with Crippen LogP contribution in [0.1, 0.15) is 23.7 Å². The second-order valence-corrected chi connectivity index (χ2v) is 4.44. The van der Waals surface area contributed by atoms with E-state index < -0.39 is 5.54 Å². The van der Waals surface area contributed by atoms with Crippen molar-refractivity contribution in [3.05, 3.63) is 47.5 Å². The van der Waals surface area contributed by atoms with Crippen LogP contribution in [0.3, 0.4) is 0 Å². The average molecular weight is 242 g/mol. The summed E-state index contributed by atoms with van der Waals surface area (Å²) in [6.07, 6.45) is 3.36. The van der Waals surface area contributed by atoms with E-state index in [4.69, 9.17) is 11.0 Å². The number of aromatic nitrogens is 2. The van der Waals surface area contributed by atoms with Gasteiger partial charge in [-0.25, -0.2) is 4.98 Å². The third-order valence-electron chi connectivity index (χ3n) is 3.07. The molecule has 1 unspecified atom stereocenters. The van der Waals surface area contributed by atoms with Crippen LogP contribution in [0, 0.1) is 11.3 Å². The second kappa shape index (κ2) is 4.17. The molecule has 1 heterocycles. The lowest BCUT2D eigenvalue weighted by Gasteiger charge is -2.25. The lowest BCUT2D eigenvalue weighted by Crippen LogP contribution is -2.36. The molecule has 0 saturated carbocycles. The first kappa shape index (κ1) is 12.1.